The van der Waals surface area contributed by atoms with E-state index in [-0.39, 0.29) is 11.2 Å². The molecule has 0 radical (unpaired) electrons. The normalized spacial score (nSPS) is 17.6. The van der Waals surface area contributed by atoms with Gasteiger partial charge in [0.1, 0.15) is 23.8 Å². The van der Waals surface area contributed by atoms with E-state index in [1.54, 1.807) is 13.2 Å². The van der Waals surface area contributed by atoms with Crippen LogP contribution in [0, 0.1) is 5.82 Å². The summed E-state index contributed by atoms with van der Waals surface area (Å²) in [7, 11) is 1.55. The van der Waals surface area contributed by atoms with Crippen molar-refractivity contribution >= 4 is 40.9 Å². The second-order valence-corrected chi connectivity index (χ2v) is 9.27. The third-order valence-electron chi connectivity index (χ3n) is 6.34. The minimum atomic E-state index is -0.701. The number of hydrogen-bond donors (Lipinski definition) is 2. The zero-order valence-corrected chi connectivity index (χ0v) is 20.9. The summed E-state index contributed by atoms with van der Waals surface area (Å²) in [6.07, 6.45) is 3.76. The smallest absolute Gasteiger partial charge is 0.329 e. The van der Waals surface area contributed by atoms with Crippen LogP contribution in [-0.4, -0.2) is 48.5 Å². The van der Waals surface area contributed by atoms with Gasteiger partial charge in [-0.1, -0.05) is 6.08 Å². The quantitative estimate of drug-likeness (QED) is 0.461. The predicted octanol–water partition coefficient (Wildman–Crippen LogP) is 4.39. The number of likely N-dealkylation sites (N-methyl/N-ethyl adjacent to an activating group) is 1. The monoisotopic (exact) mass is 492 g/mol. The molecular formula is C27H29FN4O4. The number of nitrogens with one attached hydrogen (secondary N) is 2. The van der Waals surface area contributed by atoms with Crippen LogP contribution in [0.3, 0.4) is 0 Å². The van der Waals surface area contributed by atoms with Gasteiger partial charge >= 0.3 is 6.03 Å². The van der Waals surface area contributed by atoms with Crippen molar-refractivity contribution in [3.8, 4) is 5.75 Å². The van der Waals surface area contributed by atoms with Crippen molar-refractivity contribution in [2.75, 3.05) is 30.4 Å². The van der Waals surface area contributed by atoms with Crippen molar-refractivity contribution in [3.05, 3.63) is 65.1 Å². The summed E-state index contributed by atoms with van der Waals surface area (Å²) in [5.74, 6) is -1.09. The maximum absolute atomic E-state index is 13.1. The number of carbonyl (C=O) groups excluding carboxylic acids is 3. The lowest BCUT2D eigenvalue weighted by atomic mass is 9.87. The molecular weight excluding hydrogens is 463 g/mol. The van der Waals surface area contributed by atoms with Gasteiger partial charge in [-0.3, -0.25) is 9.59 Å². The van der Waals surface area contributed by atoms with Gasteiger partial charge in [-0.15, -0.1) is 0 Å². The SMILES string of the molecule is CCN1c2cc(OC)c(/C=C3/NC(=O)N(CC(=O)Nc4ccc(F)cc4)C3=O)cc2C(C)=CC1(C)C. The van der Waals surface area contributed by atoms with E-state index in [1.807, 2.05) is 19.1 Å². The number of allylic oxidation sites excluding steroid dienone is 1. The van der Waals surface area contributed by atoms with Gasteiger partial charge in [0, 0.05) is 35.1 Å². The number of methoxy groups -OCH3 is 1. The van der Waals surface area contributed by atoms with Crippen LogP contribution >= 0.6 is 0 Å². The molecule has 2 aromatic carbocycles. The van der Waals surface area contributed by atoms with Crippen LogP contribution in [0.15, 0.2) is 48.2 Å². The van der Waals surface area contributed by atoms with E-state index in [1.165, 1.54) is 24.3 Å². The van der Waals surface area contributed by atoms with E-state index in [9.17, 15) is 18.8 Å². The zero-order valence-electron chi connectivity index (χ0n) is 20.9. The Morgan fingerprint density at radius 1 is 1.19 bits per heavy atom. The van der Waals surface area contributed by atoms with E-state index in [4.69, 9.17) is 4.74 Å². The number of hydrogen-bond acceptors (Lipinski definition) is 5. The molecule has 8 nitrogen and oxygen atoms in total. The molecule has 188 valence electrons. The number of nitrogens with zero attached hydrogens (tertiary/aromatic N) is 2. The number of fused-ring (bicyclic) bond motifs is 1. The van der Waals surface area contributed by atoms with E-state index in [0.717, 1.165) is 28.3 Å². The lowest BCUT2D eigenvalue weighted by Gasteiger charge is -2.43. The summed E-state index contributed by atoms with van der Waals surface area (Å²) in [5.41, 5.74) is 4.00. The van der Waals surface area contributed by atoms with Crippen molar-refractivity contribution < 1.29 is 23.5 Å². The van der Waals surface area contributed by atoms with Crippen molar-refractivity contribution in [2.24, 2.45) is 0 Å². The average molecular weight is 493 g/mol. The molecule has 4 rings (SSSR count). The van der Waals surface area contributed by atoms with E-state index in [2.05, 4.69) is 42.4 Å². The molecule has 4 amide bonds. The second-order valence-electron chi connectivity index (χ2n) is 9.27. The number of carbonyl (C=O) groups is 3. The highest BCUT2D eigenvalue weighted by Gasteiger charge is 2.36. The summed E-state index contributed by atoms with van der Waals surface area (Å²) in [4.78, 5) is 40.9. The largest absolute Gasteiger partial charge is 0.496 e. The zero-order chi connectivity index (χ0) is 26.2. The van der Waals surface area contributed by atoms with Crippen LogP contribution in [0.2, 0.25) is 0 Å². The van der Waals surface area contributed by atoms with E-state index < -0.39 is 30.2 Å². The number of halogens is 1. The van der Waals surface area contributed by atoms with Crippen LogP contribution in [0.5, 0.6) is 5.75 Å². The van der Waals surface area contributed by atoms with Crippen molar-refractivity contribution in [1.82, 2.24) is 10.2 Å². The fraction of sp³-hybridized carbons (Fsp3) is 0.296. The van der Waals surface area contributed by atoms with Crippen LogP contribution in [0.4, 0.5) is 20.6 Å². The number of benzene rings is 2. The van der Waals surface area contributed by atoms with Crippen LogP contribution in [0.1, 0.15) is 38.8 Å². The van der Waals surface area contributed by atoms with Gasteiger partial charge in [0.15, 0.2) is 0 Å². The van der Waals surface area contributed by atoms with Gasteiger partial charge in [-0.2, -0.15) is 0 Å². The third kappa shape index (κ3) is 4.68. The van der Waals surface area contributed by atoms with Crippen molar-refractivity contribution in [3.63, 3.8) is 0 Å². The Bertz CT molecular complexity index is 1300. The van der Waals surface area contributed by atoms with E-state index in [0.29, 0.717) is 17.0 Å². The first-order valence-electron chi connectivity index (χ1n) is 11.6. The van der Waals surface area contributed by atoms with Gasteiger partial charge in [0.05, 0.1) is 12.6 Å². The third-order valence-corrected chi connectivity index (χ3v) is 6.34. The molecule has 0 spiro atoms. The summed E-state index contributed by atoms with van der Waals surface area (Å²) in [6.45, 7) is 8.76. The molecule has 0 aliphatic carbocycles. The van der Waals surface area contributed by atoms with Gasteiger partial charge < -0.3 is 20.3 Å². The summed E-state index contributed by atoms with van der Waals surface area (Å²) >= 11 is 0. The maximum Gasteiger partial charge on any atom is 0.329 e. The lowest BCUT2D eigenvalue weighted by molar-refractivity contribution is -0.127. The van der Waals surface area contributed by atoms with Gasteiger partial charge in [0.2, 0.25) is 5.91 Å². The topological polar surface area (TPSA) is 91.0 Å². The fourth-order valence-corrected chi connectivity index (χ4v) is 4.74. The van der Waals surface area contributed by atoms with Crippen LogP contribution in [0.25, 0.3) is 11.6 Å². The molecule has 0 unspecified atom stereocenters. The predicted molar refractivity (Wildman–Crippen MR) is 137 cm³/mol. The number of anilines is 2. The first kappa shape index (κ1) is 25.0. The Balaban J connectivity index is 1.59. The highest BCUT2D eigenvalue weighted by atomic mass is 19.1. The number of imide groups is 1. The Morgan fingerprint density at radius 2 is 1.89 bits per heavy atom. The molecule has 2 aliphatic heterocycles. The van der Waals surface area contributed by atoms with Crippen LogP contribution in [-0.2, 0) is 9.59 Å². The summed E-state index contributed by atoms with van der Waals surface area (Å²) < 4.78 is 18.7. The van der Waals surface area contributed by atoms with Crippen LogP contribution < -0.4 is 20.3 Å². The molecule has 0 saturated carbocycles. The molecule has 0 bridgehead atoms. The molecule has 1 saturated heterocycles. The van der Waals surface area contributed by atoms with Gasteiger partial charge in [-0.25, -0.2) is 14.1 Å². The second kappa shape index (κ2) is 9.49. The molecule has 2 heterocycles. The van der Waals surface area contributed by atoms with Crippen molar-refractivity contribution in [2.45, 2.75) is 33.2 Å². The molecule has 2 N–H and O–H groups in total. The first-order chi connectivity index (χ1) is 17.0. The molecule has 2 aromatic rings. The number of urea groups is 1. The molecule has 1 fully saturated rings. The number of amides is 4. The Kier molecular flexibility index (Phi) is 6.58. The Morgan fingerprint density at radius 3 is 2.53 bits per heavy atom. The van der Waals surface area contributed by atoms with Gasteiger partial charge in [-0.05, 0) is 69.7 Å². The summed E-state index contributed by atoms with van der Waals surface area (Å²) in [5, 5.41) is 5.09. The van der Waals surface area contributed by atoms with E-state index >= 15 is 0 Å². The molecule has 0 atom stereocenters. The summed E-state index contributed by atoms with van der Waals surface area (Å²) in [6, 6.07) is 8.37. The lowest BCUT2D eigenvalue weighted by Crippen LogP contribution is -2.44. The highest BCUT2D eigenvalue weighted by molar-refractivity contribution is 6.16. The Labute approximate surface area is 209 Å². The average Bonchev–Trinajstić information content (AvgIpc) is 3.07. The van der Waals surface area contributed by atoms with Gasteiger partial charge in [0.25, 0.3) is 5.91 Å². The highest BCUT2D eigenvalue weighted by Crippen LogP contribution is 2.42. The first-order valence-corrected chi connectivity index (χ1v) is 11.6. The molecule has 36 heavy (non-hydrogen) atoms. The molecule has 9 heteroatoms. The minimum Gasteiger partial charge on any atom is -0.496 e. The molecule has 2 aliphatic rings. The number of rotatable bonds is 6. The van der Waals surface area contributed by atoms with Crippen molar-refractivity contribution in [1.29, 1.82) is 0 Å². The standard InChI is InChI=1S/C27H29FN4O4/c1-6-32-22-13-23(36-5)17(11-20(22)16(2)14-27(32,3)4)12-21-25(34)31(26(35)30-21)15-24(33)29-19-9-7-18(28)8-10-19/h7-14H,6,15H2,1-5H3,(H,29,33)(H,30,35)/b21-12+. The minimum absolute atomic E-state index is 0.0398. The Hall–Kier alpha value is -4.14. The number of ether oxygens (including phenoxy) is 1. The maximum atomic E-state index is 13.1. The molecule has 0 aromatic heterocycles. The fourth-order valence-electron chi connectivity index (χ4n) is 4.74.